The molecule has 1 atom stereocenters. The molecule has 37 heavy (non-hydrogen) atoms. The summed E-state index contributed by atoms with van der Waals surface area (Å²) in [6.07, 6.45) is 21.7. The van der Waals surface area contributed by atoms with Crippen molar-refractivity contribution in [1.82, 2.24) is 10.2 Å². The van der Waals surface area contributed by atoms with Gasteiger partial charge in [0.15, 0.2) is 0 Å². The highest BCUT2D eigenvalue weighted by molar-refractivity contribution is 5.26. The number of hydrogen-bond donors (Lipinski definition) is 0. The van der Waals surface area contributed by atoms with Crippen LogP contribution in [0.25, 0.3) is 0 Å². The Hall–Kier alpha value is -1.82. The molecule has 5 heteroatoms. The summed E-state index contributed by atoms with van der Waals surface area (Å²) in [7, 11) is 1.73. The lowest BCUT2D eigenvalue weighted by molar-refractivity contribution is -0.0451. The van der Waals surface area contributed by atoms with Crippen LogP contribution in [0.2, 0.25) is 0 Å². The van der Waals surface area contributed by atoms with Crippen molar-refractivity contribution in [3.8, 4) is 0 Å². The molecule has 1 aromatic carbocycles. The number of aromatic nitrogens is 2. The number of hydrogen-bond acceptors (Lipinski definition) is 5. The zero-order chi connectivity index (χ0) is 26.2. The Balaban J connectivity index is 1.42. The van der Waals surface area contributed by atoms with E-state index in [0.717, 1.165) is 30.7 Å². The molecule has 0 aliphatic heterocycles. The summed E-state index contributed by atoms with van der Waals surface area (Å²) in [4.78, 5) is 0. The fraction of sp³-hybridized carbons (Fsp3) is 0.688. The lowest BCUT2D eigenvalue weighted by atomic mass is 10.0. The molecule has 0 aliphatic carbocycles. The van der Waals surface area contributed by atoms with E-state index in [1.807, 2.05) is 12.1 Å². The van der Waals surface area contributed by atoms with E-state index in [1.165, 1.54) is 89.0 Å². The number of methoxy groups -OCH3 is 1. The molecule has 0 fully saturated rings. The quantitative estimate of drug-likeness (QED) is 0.133. The molecule has 0 spiro atoms. The minimum atomic E-state index is -0.0329. The van der Waals surface area contributed by atoms with Crippen molar-refractivity contribution < 1.29 is 14.2 Å². The van der Waals surface area contributed by atoms with E-state index in [1.54, 1.807) is 13.3 Å². The van der Waals surface area contributed by atoms with E-state index < -0.39 is 0 Å². The maximum absolute atomic E-state index is 5.92. The zero-order valence-electron chi connectivity index (χ0n) is 23.7. The minimum Gasteiger partial charge on any atom is -0.379 e. The molecule has 1 heterocycles. The Kier molecular flexibility index (Phi) is 18.8. The number of unbranched alkanes of at least 4 members (excludes halogenated alkanes) is 13. The summed E-state index contributed by atoms with van der Waals surface area (Å²) in [5, 5.41) is 8.12. The average Bonchev–Trinajstić information content (AvgIpc) is 2.92. The predicted molar refractivity (Wildman–Crippen MR) is 153 cm³/mol. The summed E-state index contributed by atoms with van der Waals surface area (Å²) < 4.78 is 17.3. The van der Waals surface area contributed by atoms with Gasteiger partial charge in [-0.05, 0) is 29.7 Å². The van der Waals surface area contributed by atoms with Gasteiger partial charge in [0.1, 0.15) is 6.10 Å². The Morgan fingerprint density at radius 3 is 1.95 bits per heavy atom. The van der Waals surface area contributed by atoms with Gasteiger partial charge in [0, 0.05) is 26.3 Å². The number of rotatable bonds is 24. The van der Waals surface area contributed by atoms with Gasteiger partial charge in [-0.25, -0.2) is 0 Å². The van der Waals surface area contributed by atoms with Crippen molar-refractivity contribution in [2.75, 3.05) is 26.9 Å². The van der Waals surface area contributed by atoms with Gasteiger partial charge in [0.2, 0.25) is 0 Å². The van der Waals surface area contributed by atoms with Crippen molar-refractivity contribution in [3.05, 3.63) is 59.4 Å². The minimum absolute atomic E-state index is 0.0329. The molecule has 0 bridgehead atoms. The van der Waals surface area contributed by atoms with E-state index in [2.05, 4.69) is 41.4 Å². The molecule has 0 aliphatic rings. The molecule has 5 nitrogen and oxygen atoms in total. The molecule has 2 rings (SSSR count). The largest absolute Gasteiger partial charge is 0.379 e. The van der Waals surface area contributed by atoms with Crippen LogP contribution in [0.4, 0.5) is 0 Å². The summed E-state index contributed by atoms with van der Waals surface area (Å²) in [5.41, 5.74) is 3.33. The summed E-state index contributed by atoms with van der Waals surface area (Å²) >= 11 is 0. The Labute approximate surface area is 226 Å². The summed E-state index contributed by atoms with van der Waals surface area (Å²) in [6.45, 7) is 4.77. The second-order valence-electron chi connectivity index (χ2n) is 10.3. The molecule has 0 amide bonds. The zero-order valence-corrected chi connectivity index (χ0v) is 23.7. The molecule has 1 unspecified atom stereocenters. The number of benzene rings is 1. The van der Waals surface area contributed by atoms with Crippen LogP contribution in [0.5, 0.6) is 0 Å². The third kappa shape index (κ3) is 16.6. The summed E-state index contributed by atoms with van der Waals surface area (Å²) in [6, 6.07) is 12.4. The van der Waals surface area contributed by atoms with Crippen molar-refractivity contribution in [2.24, 2.45) is 0 Å². The van der Waals surface area contributed by atoms with Crippen LogP contribution < -0.4 is 0 Å². The van der Waals surface area contributed by atoms with Crippen molar-refractivity contribution >= 4 is 0 Å². The number of ether oxygens (including phenoxy) is 3. The van der Waals surface area contributed by atoms with Crippen LogP contribution in [0.15, 0.2) is 42.6 Å². The van der Waals surface area contributed by atoms with Crippen LogP contribution in [0.3, 0.4) is 0 Å². The fourth-order valence-electron chi connectivity index (χ4n) is 4.57. The number of nitrogens with zero attached hydrogens (tertiary/aromatic N) is 2. The molecule has 0 N–H and O–H groups in total. The monoisotopic (exact) mass is 512 g/mol. The first-order valence-electron chi connectivity index (χ1n) is 14.8. The van der Waals surface area contributed by atoms with Crippen LogP contribution in [-0.2, 0) is 27.2 Å². The highest BCUT2D eigenvalue weighted by Gasteiger charge is 2.08. The second-order valence-corrected chi connectivity index (χ2v) is 10.3. The average molecular weight is 513 g/mol. The molecular weight excluding hydrogens is 460 g/mol. The van der Waals surface area contributed by atoms with Gasteiger partial charge in [-0.1, -0.05) is 115 Å². The van der Waals surface area contributed by atoms with E-state index in [0.29, 0.717) is 19.8 Å². The maximum atomic E-state index is 5.92. The van der Waals surface area contributed by atoms with Gasteiger partial charge in [-0.15, -0.1) is 0 Å². The topological polar surface area (TPSA) is 53.5 Å². The standard InChI is InChI=1S/C32H52N2O3/c1-3-4-5-6-7-8-9-10-11-12-13-14-15-16-23-36-27-32(35-2)28-37-26-30-20-17-19-29(24-30)25-31-21-18-22-33-34-31/h17-22,24,32H,3-16,23,25-28H2,1-2H3. The van der Waals surface area contributed by atoms with Crippen molar-refractivity contribution in [2.45, 2.75) is 116 Å². The fourth-order valence-corrected chi connectivity index (χ4v) is 4.57. The normalized spacial score (nSPS) is 12.2. The molecule has 0 saturated heterocycles. The van der Waals surface area contributed by atoms with Gasteiger partial charge < -0.3 is 14.2 Å². The van der Waals surface area contributed by atoms with Crippen molar-refractivity contribution in [3.63, 3.8) is 0 Å². The van der Waals surface area contributed by atoms with Gasteiger partial charge in [-0.3, -0.25) is 0 Å². The van der Waals surface area contributed by atoms with Crippen LogP contribution in [0, 0.1) is 0 Å². The molecule has 208 valence electrons. The Morgan fingerprint density at radius 1 is 0.703 bits per heavy atom. The maximum Gasteiger partial charge on any atom is 0.104 e. The van der Waals surface area contributed by atoms with Crippen LogP contribution in [0.1, 0.15) is 114 Å². The third-order valence-electron chi connectivity index (χ3n) is 6.86. The highest BCUT2D eigenvalue weighted by Crippen LogP contribution is 2.13. The van der Waals surface area contributed by atoms with Gasteiger partial charge in [-0.2, -0.15) is 10.2 Å². The van der Waals surface area contributed by atoms with E-state index in [9.17, 15) is 0 Å². The Morgan fingerprint density at radius 2 is 1.32 bits per heavy atom. The van der Waals surface area contributed by atoms with Gasteiger partial charge >= 0.3 is 0 Å². The molecule has 2 aromatic rings. The van der Waals surface area contributed by atoms with Gasteiger partial charge in [0.25, 0.3) is 0 Å². The van der Waals surface area contributed by atoms with Gasteiger partial charge in [0.05, 0.1) is 25.5 Å². The predicted octanol–water partition coefficient (Wildman–Crippen LogP) is 8.10. The lowest BCUT2D eigenvalue weighted by Gasteiger charge is -2.16. The Bertz CT molecular complexity index is 772. The third-order valence-corrected chi connectivity index (χ3v) is 6.86. The molecular formula is C32H52N2O3. The first-order chi connectivity index (χ1) is 18.3. The highest BCUT2D eigenvalue weighted by atomic mass is 16.6. The molecule has 0 radical (unpaired) electrons. The first kappa shape index (κ1) is 31.4. The summed E-state index contributed by atoms with van der Waals surface area (Å²) in [5.74, 6) is 0. The van der Waals surface area contributed by atoms with E-state index in [-0.39, 0.29) is 6.10 Å². The second kappa shape index (κ2) is 22.2. The SMILES string of the molecule is CCCCCCCCCCCCCCCCOCC(COCc1cccc(Cc2cccnn2)c1)OC. The molecule has 1 aromatic heterocycles. The van der Waals surface area contributed by atoms with Crippen LogP contribution in [-0.4, -0.2) is 43.2 Å². The van der Waals surface area contributed by atoms with E-state index >= 15 is 0 Å². The smallest absolute Gasteiger partial charge is 0.104 e. The molecule has 0 saturated carbocycles. The van der Waals surface area contributed by atoms with Crippen LogP contribution >= 0.6 is 0 Å². The van der Waals surface area contributed by atoms with E-state index in [4.69, 9.17) is 14.2 Å². The van der Waals surface area contributed by atoms with Crippen molar-refractivity contribution in [1.29, 1.82) is 0 Å². The first-order valence-corrected chi connectivity index (χ1v) is 14.8. The lowest BCUT2D eigenvalue weighted by Crippen LogP contribution is -2.24.